The zero-order valence-electron chi connectivity index (χ0n) is 25.9. The van der Waals surface area contributed by atoms with Gasteiger partial charge in [0.15, 0.2) is 0 Å². The molecule has 0 radical (unpaired) electrons. The molecule has 0 N–H and O–H groups in total. The highest BCUT2D eigenvalue weighted by molar-refractivity contribution is 7.59. The number of rotatable bonds is 12. The van der Waals surface area contributed by atoms with Crippen molar-refractivity contribution in [1.82, 2.24) is 0 Å². The van der Waals surface area contributed by atoms with Crippen LogP contribution in [0.15, 0.2) is 133 Å². The van der Waals surface area contributed by atoms with Gasteiger partial charge < -0.3 is 28.0 Å². The zero-order valence-corrected chi connectivity index (χ0v) is 26.8. The first-order valence-corrected chi connectivity index (χ1v) is 17.6. The van der Waals surface area contributed by atoms with E-state index in [0.29, 0.717) is 50.6 Å². The molecule has 0 bridgehead atoms. The third kappa shape index (κ3) is 8.89. The maximum absolute atomic E-state index is 14.6. The van der Waals surface area contributed by atoms with E-state index in [2.05, 4.69) is 24.3 Å². The van der Waals surface area contributed by atoms with Crippen LogP contribution in [0.4, 0.5) is 0 Å². The molecule has 2 aliphatic rings. The Kier molecular flexibility index (Phi) is 11.2. The van der Waals surface area contributed by atoms with E-state index in [1.165, 1.54) is 0 Å². The predicted molar refractivity (Wildman–Crippen MR) is 178 cm³/mol. The summed E-state index contributed by atoms with van der Waals surface area (Å²) in [6.45, 7) is 1.36. The van der Waals surface area contributed by atoms with Crippen LogP contribution in [-0.4, -0.2) is 31.0 Å². The van der Waals surface area contributed by atoms with Crippen molar-refractivity contribution in [3.05, 3.63) is 144 Å². The molecule has 4 aromatic carbocycles. The second kappa shape index (κ2) is 16.1. The number of allylic oxidation sites excluding steroid dienone is 1. The van der Waals surface area contributed by atoms with Gasteiger partial charge in [0.05, 0.1) is 32.0 Å². The first-order valence-electron chi connectivity index (χ1n) is 16.0. The monoisotopic (exact) mass is 640 g/mol. The molecule has 6 rings (SSSR count). The molecule has 0 aromatic heterocycles. The molecule has 8 heteroatoms. The maximum Gasteiger partial charge on any atom is 0.497 e. The fraction of sp³-hybridized carbons (Fsp3) is 0.316. The van der Waals surface area contributed by atoms with Crippen molar-refractivity contribution in [2.45, 2.75) is 69.7 Å². The van der Waals surface area contributed by atoms with Gasteiger partial charge in [0.1, 0.15) is 23.7 Å². The molecule has 2 aliphatic heterocycles. The fourth-order valence-corrected chi connectivity index (χ4v) is 7.39. The lowest BCUT2D eigenvalue weighted by Crippen LogP contribution is -2.44. The summed E-state index contributed by atoms with van der Waals surface area (Å²) >= 11 is 0. The Balaban J connectivity index is 1.19. The van der Waals surface area contributed by atoms with Crippen LogP contribution in [0.1, 0.15) is 43.2 Å². The lowest BCUT2D eigenvalue weighted by atomic mass is 9.97. The Morgan fingerprint density at radius 3 is 1.83 bits per heavy atom. The molecule has 0 unspecified atom stereocenters. The smallest absolute Gasteiger partial charge is 0.478 e. The normalized spacial score (nSPS) is 21.8. The molecule has 46 heavy (non-hydrogen) atoms. The highest BCUT2D eigenvalue weighted by Gasteiger charge is 2.42. The minimum absolute atomic E-state index is 0.151. The van der Waals surface area contributed by atoms with Crippen LogP contribution in [0.25, 0.3) is 0 Å². The number of para-hydroxylation sites is 2. The van der Waals surface area contributed by atoms with E-state index in [-0.39, 0.29) is 29.9 Å². The first-order chi connectivity index (χ1) is 22.6. The van der Waals surface area contributed by atoms with Gasteiger partial charge in [-0.1, -0.05) is 97.1 Å². The van der Waals surface area contributed by atoms with Gasteiger partial charge >= 0.3 is 7.60 Å². The molecule has 2 heterocycles. The Bertz CT molecular complexity index is 1500. The molecule has 1 fully saturated rings. The predicted octanol–water partition coefficient (Wildman–Crippen LogP) is 9.10. The van der Waals surface area contributed by atoms with Crippen LogP contribution < -0.4 is 9.05 Å². The Morgan fingerprint density at radius 1 is 0.652 bits per heavy atom. The zero-order chi connectivity index (χ0) is 31.4. The van der Waals surface area contributed by atoms with E-state index in [4.69, 9.17) is 28.0 Å². The second-order valence-corrected chi connectivity index (χ2v) is 13.4. The molecule has 0 aliphatic carbocycles. The van der Waals surface area contributed by atoms with Crippen LogP contribution in [0.3, 0.4) is 0 Å². The summed E-state index contributed by atoms with van der Waals surface area (Å²) in [4.78, 5) is 0. The largest absolute Gasteiger partial charge is 0.497 e. The van der Waals surface area contributed by atoms with E-state index in [1.807, 2.05) is 78.9 Å². The third-order valence-corrected chi connectivity index (χ3v) is 9.84. The topological polar surface area (TPSA) is 72.5 Å². The lowest BCUT2D eigenvalue weighted by Gasteiger charge is -2.37. The summed E-state index contributed by atoms with van der Waals surface area (Å²) in [5, 5.41) is 0. The van der Waals surface area contributed by atoms with Gasteiger partial charge in [0.2, 0.25) is 5.50 Å². The van der Waals surface area contributed by atoms with Crippen LogP contribution in [-0.2, 0) is 36.7 Å². The van der Waals surface area contributed by atoms with Gasteiger partial charge in [-0.2, -0.15) is 0 Å². The Labute approximate surface area is 271 Å². The molecule has 0 saturated carbocycles. The van der Waals surface area contributed by atoms with Gasteiger partial charge in [0.25, 0.3) is 0 Å². The number of hydrogen-bond donors (Lipinski definition) is 0. The van der Waals surface area contributed by atoms with Crippen molar-refractivity contribution in [3.8, 4) is 11.5 Å². The molecule has 4 atom stereocenters. The van der Waals surface area contributed by atoms with E-state index < -0.39 is 7.60 Å². The van der Waals surface area contributed by atoms with Crippen LogP contribution in [0.5, 0.6) is 11.5 Å². The van der Waals surface area contributed by atoms with E-state index in [0.717, 1.165) is 24.0 Å². The number of benzene rings is 4. The minimum atomic E-state index is -3.94. The minimum Gasteiger partial charge on any atom is -0.478 e. The Hall–Kier alpha value is -3.87. The molecule has 1 saturated heterocycles. The molecule has 0 amide bonds. The molecule has 240 valence electrons. The van der Waals surface area contributed by atoms with Crippen molar-refractivity contribution >= 4 is 7.60 Å². The van der Waals surface area contributed by atoms with Gasteiger partial charge in [0, 0.05) is 0 Å². The third-order valence-electron chi connectivity index (χ3n) is 8.11. The molecular formula is C38H41O7P. The van der Waals surface area contributed by atoms with Crippen LogP contribution >= 0.6 is 7.60 Å². The van der Waals surface area contributed by atoms with E-state index in [9.17, 15) is 4.57 Å². The lowest BCUT2D eigenvalue weighted by molar-refractivity contribution is -0.170. The van der Waals surface area contributed by atoms with Crippen molar-refractivity contribution in [2.75, 3.05) is 6.61 Å². The first kappa shape index (κ1) is 32.1. The maximum atomic E-state index is 14.6. The number of ether oxygens (including phenoxy) is 4. The summed E-state index contributed by atoms with van der Waals surface area (Å²) < 4.78 is 52.9. The fourth-order valence-electron chi connectivity index (χ4n) is 5.76. The van der Waals surface area contributed by atoms with Gasteiger partial charge in [-0.15, -0.1) is 0 Å². The molecular weight excluding hydrogens is 599 g/mol. The molecule has 7 nitrogen and oxygen atoms in total. The van der Waals surface area contributed by atoms with Gasteiger partial charge in [-0.05, 0) is 73.6 Å². The SMILES string of the molecule is O=P(Oc1ccccc1)(Oc1ccccc1)C1=CCC[C@@H]2O[C@H](COCc3ccccc3)[C@@H](OCc3ccccc3)CCC[C@H]2O1. The van der Waals surface area contributed by atoms with E-state index in [1.54, 1.807) is 24.3 Å². The highest BCUT2D eigenvalue weighted by atomic mass is 31.2. The summed E-state index contributed by atoms with van der Waals surface area (Å²) in [6, 6.07) is 38.4. The Morgan fingerprint density at radius 2 is 1.22 bits per heavy atom. The summed E-state index contributed by atoms with van der Waals surface area (Å²) in [5.74, 6) is 0.880. The summed E-state index contributed by atoms with van der Waals surface area (Å²) in [6.07, 6.45) is 4.38. The number of fused-ring (bicyclic) bond motifs is 1. The van der Waals surface area contributed by atoms with Crippen LogP contribution in [0.2, 0.25) is 0 Å². The number of hydrogen-bond acceptors (Lipinski definition) is 7. The standard InChI is InChI=1S/C38H41O7P/c39-46(44-32-19-9-3-10-20-32,45-33-21-11-4-12-22-33)38-26-14-25-35-36(43-38)24-13-23-34(41-28-31-17-7-2-8-18-31)37(42-35)29-40-27-30-15-5-1-6-16-30/h1-12,15-22,26,34-37H,13-14,23-25,27-29H2/t34-,35-,36+,37+/m0/s1. The van der Waals surface area contributed by atoms with E-state index >= 15 is 0 Å². The average Bonchev–Trinajstić information content (AvgIpc) is 3.29. The quantitative estimate of drug-likeness (QED) is 0.143. The van der Waals surface area contributed by atoms with Gasteiger partial charge in [-0.25, -0.2) is 4.57 Å². The van der Waals surface area contributed by atoms with Crippen LogP contribution in [0, 0.1) is 0 Å². The van der Waals surface area contributed by atoms with Crippen molar-refractivity contribution < 1.29 is 32.6 Å². The molecule has 4 aromatic rings. The van der Waals surface area contributed by atoms with Crippen molar-refractivity contribution in [2.24, 2.45) is 0 Å². The molecule has 0 spiro atoms. The van der Waals surface area contributed by atoms with Crippen molar-refractivity contribution in [3.63, 3.8) is 0 Å². The van der Waals surface area contributed by atoms with Crippen molar-refractivity contribution in [1.29, 1.82) is 0 Å². The highest BCUT2D eigenvalue weighted by Crippen LogP contribution is 2.57. The van der Waals surface area contributed by atoms with Gasteiger partial charge in [-0.3, -0.25) is 0 Å². The summed E-state index contributed by atoms with van der Waals surface area (Å²) in [7, 11) is -3.94. The average molecular weight is 641 g/mol. The second-order valence-electron chi connectivity index (χ2n) is 11.6. The summed E-state index contributed by atoms with van der Waals surface area (Å²) in [5.41, 5.74) is 2.43.